The molecule has 11 heavy (non-hydrogen) atoms. The second-order valence-corrected chi connectivity index (χ2v) is 2.30. The van der Waals surface area contributed by atoms with Gasteiger partial charge in [-0.1, -0.05) is 0 Å². The van der Waals surface area contributed by atoms with Crippen LogP contribution >= 0.6 is 0 Å². The first kappa shape index (κ1) is 6.09. The Morgan fingerprint density at radius 3 is 3.18 bits per heavy atom. The van der Waals surface area contributed by atoms with Gasteiger partial charge in [0, 0.05) is 11.8 Å². The molecule has 0 bridgehead atoms. The monoisotopic (exact) mass is 150 g/mol. The molecule has 0 unspecified atom stereocenters. The van der Waals surface area contributed by atoms with Crippen LogP contribution < -0.4 is 5.69 Å². The first-order chi connectivity index (χ1) is 5.29. The molecule has 0 saturated heterocycles. The molecule has 0 atom stereocenters. The van der Waals surface area contributed by atoms with Gasteiger partial charge in [0.25, 0.3) is 0 Å². The predicted octanol–water partition coefficient (Wildman–Crippen LogP) is -0.274. The molecule has 5 heteroatoms. The highest BCUT2D eigenvalue weighted by Gasteiger charge is 2.00. The Labute approximate surface area is 61.7 Å². The third kappa shape index (κ3) is 0.739. The van der Waals surface area contributed by atoms with E-state index in [1.807, 2.05) is 6.92 Å². The number of hydrogen-bond acceptors (Lipinski definition) is 3. The normalized spacial score (nSPS) is 10.6. The molecule has 2 heterocycles. The Morgan fingerprint density at radius 1 is 1.64 bits per heavy atom. The highest BCUT2D eigenvalue weighted by molar-refractivity contribution is 5.42. The quantitative estimate of drug-likeness (QED) is 0.562. The predicted molar refractivity (Wildman–Crippen MR) is 38.3 cm³/mol. The van der Waals surface area contributed by atoms with Crippen LogP contribution in [0.25, 0.3) is 5.65 Å². The van der Waals surface area contributed by atoms with E-state index in [9.17, 15) is 4.79 Å². The Hall–Kier alpha value is -1.65. The van der Waals surface area contributed by atoms with Gasteiger partial charge >= 0.3 is 5.69 Å². The summed E-state index contributed by atoms with van der Waals surface area (Å²) in [5.74, 6) is 0. The summed E-state index contributed by atoms with van der Waals surface area (Å²) in [4.78, 5) is 13.6. The standard InChI is InChI=1S/C6H6N4O/c1-4-2-7-6(11)10-3-8-9-5(4)10/h2-3H,1H3,(H,7,11). The van der Waals surface area contributed by atoms with E-state index in [0.29, 0.717) is 5.65 Å². The number of hydrogen-bond donors (Lipinski definition) is 1. The van der Waals surface area contributed by atoms with Crippen LogP contribution in [0, 0.1) is 6.92 Å². The van der Waals surface area contributed by atoms with Crippen molar-refractivity contribution < 1.29 is 0 Å². The van der Waals surface area contributed by atoms with Crippen molar-refractivity contribution in [2.24, 2.45) is 0 Å². The van der Waals surface area contributed by atoms with Gasteiger partial charge in [-0.15, -0.1) is 10.2 Å². The van der Waals surface area contributed by atoms with E-state index < -0.39 is 0 Å². The van der Waals surface area contributed by atoms with Crippen LogP contribution in [0.4, 0.5) is 0 Å². The molecule has 0 amide bonds. The van der Waals surface area contributed by atoms with Crippen molar-refractivity contribution in [3.8, 4) is 0 Å². The van der Waals surface area contributed by atoms with Crippen LogP contribution in [0.2, 0.25) is 0 Å². The molecule has 0 saturated carbocycles. The number of nitrogens with one attached hydrogen (secondary N) is 1. The molecule has 1 N–H and O–H groups in total. The molecule has 0 aliphatic carbocycles. The summed E-state index contributed by atoms with van der Waals surface area (Å²) >= 11 is 0. The molecular weight excluding hydrogens is 144 g/mol. The summed E-state index contributed by atoms with van der Waals surface area (Å²) in [6.07, 6.45) is 3.01. The molecule has 2 aromatic heterocycles. The van der Waals surface area contributed by atoms with Gasteiger partial charge in [-0.2, -0.15) is 0 Å². The number of nitrogens with zero attached hydrogens (tertiary/aromatic N) is 3. The van der Waals surface area contributed by atoms with Gasteiger partial charge < -0.3 is 4.98 Å². The molecule has 0 fully saturated rings. The van der Waals surface area contributed by atoms with Crippen molar-refractivity contribution in [2.75, 3.05) is 0 Å². The average Bonchev–Trinajstić information content (AvgIpc) is 2.45. The molecular formula is C6H6N4O. The summed E-state index contributed by atoms with van der Waals surface area (Å²) in [7, 11) is 0. The fourth-order valence-electron chi connectivity index (χ4n) is 0.957. The molecule has 0 aromatic carbocycles. The maximum atomic E-state index is 11.0. The molecule has 0 radical (unpaired) electrons. The number of aromatic amines is 1. The smallest absolute Gasteiger partial charge is 0.313 e. The summed E-state index contributed by atoms with van der Waals surface area (Å²) in [6.45, 7) is 1.86. The van der Waals surface area contributed by atoms with Crippen LogP contribution in [-0.4, -0.2) is 19.6 Å². The van der Waals surface area contributed by atoms with Gasteiger partial charge in [0.15, 0.2) is 5.65 Å². The Bertz CT molecular complexity index is 441. The second kappa shape index (κ2) is 1.91. The third-order valence-corrected chi connectivity index (χ3v) is 1.53. The van der Waals surface area contributed by atoms with Gasteiger partial charge in [0.2, 0.25) is 0 Å². The van der Waals surface area contributed by atoms with Gasteiger partial charge in [0.05, 0.1) is 0 Å². The SMILES string of the molecule is Cc1c[nH]c(=O)n2cnnc12. The van der Waals surface area contributed by atoms with Gasteiger partial charge in [-0.25, -0.2) is 9.20 Å². The van der Waals surface area contributed by atoms with Crippen molar-refractivity contribution in [1.82, 2.24) is 19.6 Å². The summed E-state index contributed by atoms with van der Waals surface area (Å²) < 4.78 is 1.37. The lowest BCUT2D eigenvalue weighted by molar-refractivity contribution is 0.982. The molecule has 5 nitrogen and oxygen atoms in total. The van der Waals surface area contributed by atoms with E-state index in [4.69, 9.17) is 0 Å². The van der Waals surface area contributed by atoms with Crippen LogP contribution in [0.1, 0.15) is 5.56 Å². The molecule has 0 aliphatic rings. The van der Waals surface area contributed by atoms with E-state index in [1.54, 1.807) is 6.20 Å². The Balaban J connectivity index is 3.08. The first-order valence-corrected chi connectivity index (χ1v) is 3.17. The van der Waals surface area contributed by atoms with Gasteiger partial charge in [0.1, 0.15) is 6.33 Å². The molecule has 2 aromatic rings. The number of fused-ring (bicyclic) bond motifs is 1. The van der Waals surface area contributed by atoms with Gasteiger partial charge in [-0.05, 0) is 6.92 Å². The zero-order chi connectivity index (χ0) is 7.84. The minimum Gasteiger partial charge on any atom is -0.313 e. The number of rotatable bonds is 0. The number of H-pyrrole nitrogens is 1. The zero-order valence-electron chi connectivity index (χ0n) is 5.90. The number of aromatic nitrogens is 4. The minimum atomic E-state index is -0.212. The van der Waals surface area contributed by atoms with Crippen molar-refractivity contribution in [3.63, 3.8) is 0 Å². The first-order valence-electron chi connectivity index (χ1n) is 3.17. The van der Waals surface area contributed by atoms with Crippen LogP contribution in [0.15, 0.2) is 17.3 Å². The molecule has 0 spiro atoms. The van der Waals surface area contributed by atoms with E-state index in [1.165, 1.54) is 10.7 Å². The lowest BCUT2D eigenvalue weighted by Crippen LogP contribution is -2.15. The Morgan fingerprint density at radius 2 is 2.45 bits per heavy atom. The van der Waals surface area contributed by atoms with E-state index in [2.05, 4.69) is 15.2 Å². The lowest BCUT2D eigenvalue weighted by atomic mass is 10.4. The summed E-state index contributed by atoms with van der Waals surface area (Å²) in [5.41, 5.74) is 1.30. The van der Waals surface area contributed by atoms with Crippen molar-refractivity contribution in [1.29, 1.82) is 0 Å². The van der Waals surface area contributed by atoms with E-state index in [0.717, 1.165) is 5.56 Å². The summed E-state index contributed by atoms with van der Waals surface area (Å²) in [5, 5.41) is 7.39. The fraction of sp³-hybridized carbons (Fsp3) is 0.167. The zero-order valence-corrected chi connectivity index (χ0v) is 5.90. The van der Waals surface area contributed by atoms with Crippen LogP contribution in [0.5, 0.6) is 0 Å². The van der Waals surface area contributed by atoms with Crippen molar-refractivity contribution >= 4 is 5.65 Å². The molecule has 56 valence electrons. The van der Waals surface area contributed by atoms with Crippen molar-refractivity contribution in [3.05, 3.63) is 28.6 Å². The van der Waals surface area contributed by atoms with E-state index in [-0.39, 0.29) is 5.69 Å². The average molecular weight is 150 g/mol. The minimum absolute atomic E-state index is 0.212. The lowest BCUT2D eigenvalue weighted by Gasteiger charge is -1.92. The maximum Gasteiger partial charge on any atom is 0.332 e. The third-order valence-electron chi connectivity index (χ3n) is 1.53. The highest BCUT2D eigenvalue weighted by Crippen LogP contribution is 1.98. The maximum absolute atomic E-state index is 11.0. The number of aryl methyl sites for hydroxylation is 1. The Kier molecular flexibility index (Phi) is 1.06. The second-order valence-electron chi connectivity index (χ2n) is 2.30. The summed E-state index contributed by atoms with van der Waals surface area (Å²) in [6, 6.07) is 0. The van der Waals surface area contributed by atoms with Crippen molar-refractivity contribution in [2.45, 2.75) is 6.92 Å². The molecule has 0 aliphatic heterocycles. The van der Waals surface area contributed by atoms with Crippen LogP contribution in [0.3, 0.4) is 0 Å². The largest absolute Gasteiger partial charge is 0.332 e. The highest BCUT2D eigenvalue weighted by atomic mass is 16.1. The van der Waals surface area contributed by atoms with E-state index >= 15 is 0 Å². The van der Waals surface area contributed by atoms with Gasteiger partial charge in [-0.3, -0.25) is 0 Å². The fourth-order valence-corrected chi connectivity index (χ4v) is 0.957. The van der Waals surface area contributed by atoms with Crippen LogP contribution in [-0.2, 0) is 0 Å². The topological polar surface area (TPSA) is 63.0 Å². The molecule has 2 rings (SSSR count).